The van der Waals surface area contributed by atoms with Gasteiger partial charge in [-0.25, -0.2) is 9.38 Å². The van der Waals surface area contributed by atoms with Crippen LogP contribution in [0.3, 0.4) is 0 Å². The van der Waals surface area contributed by atoms with Gasteiger partial charge in [-0.1, -0.05) is 11.6 Å². The van der Waals surface area contributed by atoms with E-state index in [-0.39, 0.29) is 21.9 Å². The van der Waals surface area contributed by atoms with Crippen molar-refractivity contribution in [2.24, 2.45) is 4.99 Å². The minimum Gasteiger partial charge on any atom is -0.475 e. The molecule has 0 aromatic carbocycles. The molecule has 1 aliphatic carbocycles. The van der Waals surface area contributed by atoms with Crippen molar-refractivity contribution in [1.82, 2.24) is 15.2 Å². The van der Waals surface area contributed by atoms with E-state index in [2.05, 4.69) is 9.98 Å². The molecule has 118 valence electrons. The van der Waals surface area contributed by atoms with E-state index in [1.165, 1.54) is 17.1 Å². The van der Waals surface area contributed by atoms with Crippen LogP contribution in [0.4, 0.5) is 4.39 Å². The van der Waals surface area contributed by atoms with Gasteiger partial charge in [0.25, 0.3) is 0 Å². The highest BCUT2D eigenvalue weighted by Gasteiger charge is 2.45. The molecule has 1 N–H and O–H groups in total. The van der Waals surface area contributed by atoms with Gasteiger partial charge in [-0.3, -0.25) is 0 Å². The first-order valence-corrected chi connectivity index (χ1v) is 8.80. The lowest BCUT2D eigenvalue weighted by Gasteiger charge is -2.49. The molecule has 22 heavy (non-hydrogen) atoms. The number of ether oxygens (including phenoxy) is 1. The van der Waals surface area contributed by atoms with Crippen LogP contribution in [0, 0.1) is 5.82 Å². The maximum Gasteiger partial charge on any atom is 0.228 e. The second-order valence-corrected chi connectivity index (χ2v) is 7.07. The first kappa shape index (κ1) is 13.2. The van der Waals surface area contributed by atoms with Gasteiger partial charge in [0.15, 0.2) is 17.9 Å². The Morgan fingerprint density at radius 3 is 3.00 bits per heavy atom. The van der Waals surface area contributed by atoms with Gasteiger partial charge in [0.1, 0.15) is 23.0 Å². The fourth-order valence-electron chi connectivity index (χ4n) is 3.19. The minimum atomic E-state index is -0.656. The third kappa shape index (κ3) is 1.84. The Labute approximate surface area is 138 Å². The molecule has 3 aliphatic rings. The van der Waals surface area contributed by atoms with Crippen LogP contribution in [-0.2, 0) is 0 Å². The van der Waals surface area contributed by atoms with Gasteiger partial charge in [0.2, 0.25) is 5.88 Å². The third-order valence-corrected chi connectivity index (χ3v) is 5.62. The van der Waals surface area contributed by atoms with Gasteiger partial charge in [0.05, 0.1) is 5.54 Å². The minimum absolute atomic E-state index is 0.140. The van der Waals surface area contributed by atoms with Crippen molar-refractivity contribution < 1.29 is 10.5 Å². The van der Waals surface area contributed by atoms with Gasteiger partial charge in [-0.2, -0.15) is 4.98 Å². The number of halogens is 2. The second kappa shape index (κ2) is 4.89. The standard InChI is InChI=1S/C14H16ClFN4OS/c1-20-11-7-9(17-13(19-11)22-2)8(16)10(15)18-12(7)21-6-14(20)4-3-5-14/h13,19H,3-6H2,1-2H3/i/hD. The molecular weight excluding hydrogens is 327 g/mol. The molecule has 0 amide bonds. The topological polar surface area (TPSA) is 49.8 Å². The van der Waals surface area contributed by atoms with Crippen molar-refractivity contribution in [2.45, 2.75) is 30.3 Å². The zero-order valence-electron chi connectivity index (χ0n) is 13.3. The Kier molecular flexibility index (Phi) is 2.95. The molecule has 0 radical (unpaired) electrons. The average Bonchev–Trinajstić information content (AvgIpc) is 2.62. The molecule has 1 atom stereocenters. The highest BCUT2D eigenvalue weighted by molar-refractivity contribution is 7.99. The molecule has 1 aromatic rings. The second-order valence-electron chi connectivity index (χ2n) is 5.81. The van der Waals surface area contributed by atoms with E-state index in [1.54, 1.807) is 0 Å². The van der Waals surface area contributed by atoms with Crippen LogP contribution in [0.15, 0.2) is 4.99 Å². The lowest BCUT2D eigenvalue weighted by molar-refractivity contribution is 0.0329. The zero-order chi connectivity index (χ0) is 16.4. The summed E-state index contributed by atoms with van der Waals surface area (Å²) >= 11 is 7.29. The molecule has 4 rings (SSSR count). The van der Waals surface area contributed by atoms with Crippen molar-refractivity contribution in [1.29, 1.82) is 0 Å². The summed E-state index contributed by atoms with van der Waals surface area (Å²) < 4.78 is 28.9. The lowest BCUT2D eigenvalue weighted by atomic mass is 9.76. The number of aromatic nitrogens is 1. The molecule has 3 heterocycles. The Bertz CT molecular complexity index is 803. The van der Waals surface area contributed by atoms with Crippen LogP contribution in [-0.4, -0.2) is 40.8 Å². The molecule has 5 nitrogen and oxygen atoms in total. The number of hydrogen-bond acceptors (Lipinski definition) is 6. The van der Waals surface area contributed by atoms with E-state index in [1.807, 2.05) is 18.2 Å². The molecule has 1 saturated carbocycles. The molecule has 2 aliphatic heterocycles. The van der Waals surface area contributed by atoms with Crippen LogP contribution < -0.4 is 20.6 Å². The Balaban J connectivity index is 2.07. The van der Waals surface area contributed by atoms with Crippen molar-refractivity contribution in [3.63, 3.8) is 0 Å². The summed E-state index contributed by atoms with van der Waals surface area (Å²) in [6.45, 7) is 0.451. The van der Waals surface area contributed by atoms with Crippen molar-refractivity contribution in [3.05, 3.63) is 21.5 Å². The summed E-state index contributed by atoms with van der Waals surface area (Å²) in [5.41, 5.74) is -0.702. The predicted octanol–water partition coefficient (Wildman–Crippen LogP) is 1.06. The SMILES string of the molecule is [2H]N1C2=c3c(nc(Cl)c(F)c3=NC1SC)OCC1(CCC1)N2C. The Hall–Kier alpha value is -1.21. The zero-order valence-corrected chi connectivity index (χ0v) is 13.8. The van der Waals surface area contributed by atoms with Gasteiger partial charge in [0, 0.05) is 7.05 Å². The van der Waals surface area contributed by atoms with Crippen LogP contribution in [0.2, 0.25) is 6.56 Å². The summed E-state index contributed by atoms with van der Waals surface area (Å²) in [5.74, 6) is 0.193. The molecule has 1 aromatic heterocycles. The van der Waals surface area contributed by atoms with E-state index in [4.69, 9.17) is 17.7 Å². The van der Waals surface area contributed by atoms with E-state index < -0.39 is 11.3 Å². The van der Waals surface area contributed by atoms with Crippen LogP contribution in [0.1, 0.15) is 19.3 Å². The normalized spacial score (nSPS) is 25.7. The van der Waals surface area contributed by atoms with Crippen molar-refractivity contribution in [2.75, 3.05) is 19.9 Å². The fourth-order valence-corrected chi connectivity index (χ4v) is 3.77. The third-order valence-electron chi connectivity index (χ3n) is 4.74. The number of nitrogens with zero attached hydrogens (tertiary/aromatic N) is 3. The summed E-state index contributed by atoms with van der Waals surface area (Å²) in [4.78, 5) is 10.4. The molecule has 1 fully saturated rings. The van der Waals surface area contributed by atoms with Gasteiger partial charge in [-0.15, -0.1) is 11.8 Å². The largest absolute Gasteiger partial charge is 0.475 e. The number of likely N-dealkylation sites (N-methyl/N-ethyl adjacent to an activating group) is 1. The van der Waals surface area contributed by atoms with Crippen molar-refractivity contribution in [3.8, 4) is 5.88 Å². The first-order valence-electron chi connectivity index (χ1n) is 7.58. The Morgan fingerprint density at radius 1 is 1.59 bits per heavy atom. The molecule has 0 saturated heterocycles. The smallest absolute Gasteiger partial charge is 0.228 e. The number of rotatable bonds is 1. The van der Waals surface area contributed by atoms with E-state index in [0.717, 1.165) is 19.3 Å². The van der Waals surface area contributed by atoms with Gasteiger partial charge < -0.3 is 14.9 Å². The highest BCUT2D eigenvalue weighted by Crippen LogP contribution is 2.40. The summed E-state index contributed by atoms with van der Waals surface area (Å²) in [6.07, 6.45) is 4.90. The summed E-state index contributed by atoms with van der Waals surface area (Å²) in [5, 5.41) is 1.65. The maximum absolute atomic E-state index is 14.5. The fraction of sp³-hybridized carbons (Fsp3) is 0.571. The van der Waals surface area contributed by atoms with Crippen LogP contribution in [0.25, 0.3) is 5.82 Å². The average molecular weight is 344 g/mol. The van der Waals surface area contributed by atoms with Crippen LogP contribution >= 0.6 is 23.4 Å². The predicted molar refractivity (Wildman–Crippen MR) is 83.7 cm³/mol. The molecular formula is C14H16ClFN4OS. The molecule has 1 spiro atoms. The number of nitrogens with one attached hydrogen (secondary N) is 1. The van der Waals surface area contributed by atoms with E-state index in [9.17, 15) is 4.39 Å². The molecule has 0 bridgehead atoms. The summed E-state index contributed by atoms with van der Waals surface area (Å²) in [7, 11) is 1.94. The monoisotopic (exact) mass is 343 g/mol. The number of hydrogen-bond donors (Lipinski definition) is 1. The maximum atomic E-state index is 14.5. The van der Waals surface area contributed by atoms with E-state index in [0.29, 0.717) is 17.6 Å². The number of thioether (sulfide) groups is 1. The Morgan fingerprint density at radius 2 is 2.36 bits per heavy atom. The van der Waals surface area contributed by atoms with Gasteiger partial charge in [-0.05, 0) is 25.5 Å². The number of pyridine rings is 1. The quantitative estimate of drug-likeness (QED) is 0.773. The van der Waals surface area contributed by atoms with Gasteiger partial charge >= 0.3 is 0 Å². The summed E-state index contributed by atoms with van der Waals surface area (Å²) in [6, 6.07) is 0. The molecule has 1 unspecified atom stereocenters. The van der Waals surface area contributed by atoms with Crippen molar-refractivity contribution >= 4 is 29.2 Å². The van der Waals surface area contributed by atoms with Crippen LogP contribution in [0.5, 0.6) is 5.88 Å². The molecule has 8 heteroatoms. The van der Waals surface area contributed by atoms with E-state index >= 15 is 0 Å². The lowest BCUT2D eigenvalue weighted by Crippen LogP contribution is -2.58. The first-order chi connectivity index (χ1) is 11.0. The highest BCUT2D eigenvalue weighted by atomic mass is 35.5.